The summed E-state index contributed by atoms with van der Waals surface area (Å²) < 4.78 is 18.0. The number of nitrogens with one attached hydrogen (secondary N) is 1. The van der Waals surface area contributed by atoms with Gasteiger partial charge in [-0.25, -0.2) is 19.0 Å². The summed E-state index contributed by atoms with van der Waals surface area (Å²) in [7, 11) is 0. The molecule has 0 bridgehead atoms. The van der Waals surface area contributed by atoms with E-state index in [2.05, 4.69) is 4.98 Å². The number of hydrogen-bond acceptors (Lipinski definition) is 7. The molecule has 0 radical (unpaired) electrons. The quantitative estimate of drug-likeness (QED) is 0.561. The van der Waals surface area contributed by atoms with Crippen LogP contribution in [0, 0.1) is 5.82 Å². The number of nitrogens with two attached hydrogens (primary N) is 2. The van der Waals surface area contributed by atoms with Gasteiger partial charge in [-0.3, -0.25) is 0 Å². The highest BCUT2D eigenvalue weighted by atomic mass is 19.1. The summed E-state index contributed by atoms with van der Waals surface area (Å²) in [5.74, 6) is -2.45. The molecule has 0 spiro atoms. The molecule has 10 nitrogen and oxygen atoms in total. The maximum Gasteiger partial charge on any atom is 0.476 e. The number of carbonyl (C=O) groups excluding carboxylic acids is 2. The number of nitrogen functional groups attached to an aromatic ring is 2. The fourth-order valence-electron chi connectivity index (χ4n) is 2.03. The van der Waals surface area contributed by atoms with Crippen molar-refractivity contribution < 1.29 is 38.7 Å². The molecular weight excluding hydrogens is 399 g/mol. The largest absolute Gasteiger partial charge is 0.545 e. The van der Waals surface area contributed by atoms with Gasteiger partial charge in [0.15, 0.2) is 0 Å². The number of ether oxygens (including phenoxy) is 1. The Labute approximate surface area is 171 Å². The molecule has 0 aliphatic carbocycles. The van der Waals surface area contributed by atoms with E-state index in [1.807, 2.05) is 0 Å². The third-order valence-corrected chi connectivity index (χ3v) is 3.39. The number of aromatic amines is 1. The van der Waals surface area contributed by atoms with E-state index in [9.17, 15) is 23.9 Å². The molecule has 0 aliphatic heterocycles. The van der Waals surface area contributed by atoms with Gasteiger partial charge in [-0.15, -0.1) is 0 Å². The normalized spacial score (nSPS) is 10.1. The van der Waals surface area contributed by atoms with Crippen molar-refractivity contribution in [3.05, 3.63) is 59.9 Å². The number of benzene rings is 1. The Balaban J connectivity index is 0.000000479. The Bertz CT molecular complexity index is 902. The molecule has 0 fully saturated rings. The molecule has 160 valence electrons. The van der Waals surface area contributed by atoms with Crippen LogP contribution < -0.4 is 26.5 Å². The smallest absolute Gasteiger partial charge is 0.476 e. The number of rotatable bonds is 6. The number of anilines is 3. The van der Waals surface area contributed by atoms with Crippen LogP contribution in [0.5, 0.6) is 0 Å². The zero-order valence-electron chi connectivity index (χ0n) is 16.0. The second-order valence-corrected chi connectivity index (χ2v) is 5.61. The molecule has 30 heavy (non-hydrogen) atoms. The second-order valence-electron chi connectivity index (χ2n) is 5.61. The number of carboxylic acid groups (broad SMARTS) is 2. The van der Waals surface area contributed by atoms with E-state index in [4.69, 9.17) is 21.3 Å². The first-order valence-corrected chi connectivity index (χ1v) is 8.52. The van der Waals surface area contributed by atoms with Gasteiger partial charge in [0.1, 0.15) is 18.0 Å². The monoisotopic (exact) mass is 420 g/mol. The van der Waals surface area contributed by atoms with Gasteiger partial charge in [0, 0.05) is 12.1 Å². The van der Waals surface area contributed by atoms with Crippen molar-refractivity contribution in [1.82, 2.24) is 0 Å². The Hall–Kier alpha value is -4.15. The van der Waals surface area contributed by atoms with E-state index in [-0.39, 0.29) is 24.8 Å². The zero-order valence-corrected chi connectivity index (χ0v) is 16.0. The first-order valence-electron chi connectivity index (χ1n) is 8.52. The summed E-state index contributed by atoms with van der Waals surface area (Å²) in [5, 5.41) is 17.2. The van der Waals surface area contributed by atoms with Gasteiger partial charge < -0.3 is 31.2 Å². The molecule has 0 saturated carbocycles. The molecule has 2 rings (SSSR count). The Morgan fingerprint density at radius 1 is 1.17 bits per heavy atom. The van der Waals surface area contributed by atoms with Crippen molar-refractivity contribution in [3.8, 4) is 0 Å². The molecule has 0 unspecified atom stereocenters. The standard InChI is InChI=1S/C15H17FN4O2.C4H4O4/c1-2-22-15(21)20(9-10-3-5-11(16)6-4-10)13-8-7-12(17)14(18)19-13;5-3(6)1-2-4(7)8/h3-8H,2,9,17H2,1H3,(H2,18,19);1-2H,(H,5,6)(H,7,8)/b;2-1-. The van der Waals surface area contributed by atoms with Crippen LogP contribution in [0.4, 0.5) is 26.5 Å². The molecule has 1 heterocycles. The minimum Gasteiger partial charge on any atom is -0.545 e. The highest BCUT2D eigenvalue weighted by molar-refractivity contribution is 5.88. The minimum atomic E-state index is -1.51. The Morgan fingerprint density at radius 3 is 2.27 bits per heavy atom. The molecule has 11 heteroatoms. The third kappa shape index (κ3) is 8.25. The number of pyridine rings is 1. The van der Waals surface area contributed by atoms with Crippen LogP contribution in [-0.2, 0) is 20.9 Å². The molecule has 0 atom stereocenters. The van der Waals surface area contributed by atoms with Gasteiger partial charge in [0.2, 0.25) is 11.6 Å². The van der Waals surface area contributed by atoms with E-state index >= 15 is 0 Å². The van der Waals surface area contributed by atoms with Crippen LogP contribution in [0.25, 0.3) is 0 Å². The lowest BCUT2D eigenvalue weighted by Gasteiger charge is -2.16. The highest BCUT2D eigenvalue weighted by Crippen LogP contribution is 2.17. The summed E-state index contributed by atoms with van der Waals surface area (Å²) in [6.45, 7) is 2.16. The zero-order chi connectivity index (χ0) is 22.7. The molecule has 2 aromatic rings. The van der Waals surface area contributed by atoms with E-state index in [0.717, 1.165) is 5.56 Å². The summed E-state index contributed by atoms with van der Waals surface area (Å²) in [5.41, 5.74) is 12.5. The fraction of sp³-hybridized carbons (Fsp3) is 0.158. The lowest BCUT2D eigenvalue weighted by molar-refractivity contribution is -0.345. The number of aromatic nitrogens is 1. The fourth-order valence-corrected chi connectivity index (χ4v) is 2.03. The molecular formula is C19H21FN4O6. The second kappa shape index (κ2) is 11.6. The van der Waals surface area contributed by atoms with Gasteiger partial charge in [-0.05, 0) is 36.8 Å². The van der Waals surface area contributed by atoms with E-state index in [1.165, 1.54) is 17.0 Å². The van der Waals surface area contributed by atoms with Crippen molar-refractivity contribution in [2.24, 2.45) is 0 Å². The molecule has 1 amide bonds. The van der Waals surface area contributed by atoms with Gasteiger partial charge in [-0.1, -0.05) is 12.1 Å². The number of halogens is 1. The molecule has 1 aromatic heterocycles. The number of H-pyrrole nitrogens is 1. The lowest BCUT2D eigenvalue weighted by atomic mass is 10.2. The van der Waals surface area contributed by atoms with Crippen LogP contribution in [-0.4, -0.2) is 29.7 Å². The summed E-state index contributed by atoms with van der Waals surface area (Å²) >= 11 is 0. The SMILES string of the molecule is CCOC(=O)N(Cc1ccc(F)cc1)c1ccc(N)c(N)[nH+]1.O=C([O-])/C=C\C(=O)O. The average molecular weight is 420 g/mol. The summed E-state index contributed by atoms with van der Waals surface area (Å²) in [6.07, 6.45) is 0.407. The Kier molecular flexibility index (Phi) is 9.27. The van der Waals surface area contributed by atoms with Gasteiger partial charge >= 0.3 is 12.1 Å². The van der Waals surface area contributed by atoms with Crippen LogP contribution in [0.1, 0.15) is 12.5 Å². The Morgan fingerprint density at radius 2 is 1.80 bits per heavy atom. The van der Waals surface area contributed by atoms with Crippen LogP contribution in [0.2, 0.25) is 0 Å². The molecule has 6 N–H and O–H groups in total. The van der Waals surface area contributed by atoms with E-state index in [1.54, 1.807) is 31.2 Å². The van der Waals surface area contributed by atoms with Crippen molar-refractivity contribution >= 4 is 35.4 Å². The van der Waals surface area contributed by atoms with Gasteiger partial charge in [0.25, 0.3) is 0 Å². The van der Waals surface area contributed by atoms with Crippen molar-refractivity contribution in [2.45, 2.75) is 13.5 Å². The first kappa shape index (κ1) is 23.9. The van der Waals surface area contributed by atoms with Gasteiger partial charge in [0.05, 0.1) is 12.6 Å². The highest BCUT2D eigenvalue weighted by Gasteiger charge is 2.24. The third-order valence-electron chi connectivity index (χ3n) is 3.39. The van der Waals surface area contributed by atoms with E-state index < -0.39 is 18.0 Å². The number of carboxylic acids is 2. The van der Waals surface area contributed by atoms with Crippen LogP contribution >= 0.6 is 0 Å². The maximum absolute atomic E-state index is 13.0. The number of nitrogens with zero attached hydrogens (tertiary/aromatic N) is 1. The summed E-state index contributed by atoms with van der Waals surface area (Å²) in [6, 6.07) is 9.09. The topological polar surface area (TPSA) is 173 Å². The number of amides is 1. The number of hydrogen-bond donors (Lipinski definition) is 3. The first-order chi connectivity index (χ1) is 14.1. The predicted molar refractivity (Wildman–Crippen MR) is 103 cm³/mol. The maximum atomic E-state index is 13.0. The molecule has 1 aromatic carbocycles. The van der Waals surface area contributed by atoms with Gasteiger partial charge in [-0.2, -0.15) is 4.90 Å². The van der Waals surface area contributed by atoms with Crippen LogP contribution in [0.15, 0.2) is 48.6 Å². The van der Waals surface area contributed by atoms with Crippen molar-refractivity contribution in [3.63, 3.8) is 0 Å². The summed E-state index contributed by atoms with van der Waals surface area (Å²) in [4.78, 5) is 35.3. The van der Waals surface area contributed by atoms with E-state index in [0.29, 0.717) is 23.7 Å². The predicted octanol–water partition coefficient (Wildman–Crippen LogP) is 0.344. The number of carbonyl (C=O) groups is 3. The minimum absolute atomic E-state index is 0.207. The van der Waals surface area contributed by atoms with Crippen molar-refractivity contribution in [2.75, 3.05) is 23.0 Å². The van der Waals surface area contributed by atoms with Crippen LogP contribution in [0.3, 0.4) is 0 Å². The molecule has 0 saturated heterocycles. The van der Waals surface area contributed by atoms with Crippen molar-refractivity contribution in [1.29, 1.82) is 0 Å². The average Bonchev–Trinajstić information content (AvgIpc) is 2.69. The lowest BCUT2D eigenvalue weighted by Crippen LogP contribution is -2.36. The molecule has 0 aliphatic rings. The number of aliphatic carboxylic acids is 2.